The van der Waals surface area contributed by atoms with Gasteiger partial charge in [0, 0.05) is 27.2 Å². The first-order valence-corrected chi connectivity index (χ1v) is 11.7. The van der Waals surface area contributed by atoms with Crippen molar-refractivity contribution in [2.45, 2.75) is 53.4 Å². The van der Waals surface area contributed by atoms with Gasteiger partial charge in [0.25, 0.3) is 0 Å². The van der Waals surface area contributed by atoms with Gasteiger partial charge in [-0.05, 0) is 59.7 Å². The largest absolute Gasteiger partial charge is 0.398 e. The minimum absolute atomic E-state index is 0.0299. The summed E-state index contributed by atoms with van der Waals surface area (Å²) < 4.78 is 0. The second kappa shape index (κ2) is 9.29. The molecule has 0 atom stereocenters. The first-order chi connectivity index (χ1) is 14.9. The smallest absolute Gasteiger partial charge is 0.0894 e. The normalized spacial score (nSPS) is 13.3. The second-order valence-electron chi connectivity index (χ2n) is 9.97. The summed E-state index contributed by atoms with van der Waals surface area (Å²) in [6.07, 6.45) is 7.07. The lowest BCUT2D eigenvalue weighted by atomic mass is 9.78. The van der Waals surface area contributed by atoms with Gasteiger partial charge in [0.1, 0.15) is 0 Å². The molecule has 3 rings (SSSR count). The van der Waals surface area contributed by atoms with Gasteiger partial charge in [0.2, 0.25) is 0 Å². The average molecular weight is 467 g/mol. The van der Waals surface area contributed by atoms with Gasteiger partial charge >= 0.3 is 0 Å². The Labute approximate surface area is 202 Å². The van der Waals surface area contributed by atoms with Crippen LogP contribution in [0.25, 0.3) is 17.0 Å². The molecule has 1 aromatic heterocycles. The second-order valence-corrected chi connectivity index (χ2v) is 10.8. The highest BCUT2D eigenvalue weighted by atomic mass is 35.5. The average Bonchev–Trinajstić information content (AvgIpc) is 2.72. The standard InChI is InChI=1S/C28H32Cl2N2/c1-7-21(12-10-19-16-22(29)13-14-23(19)31)28(5,6)17-20-9-8-18-11-15-24(27(2,3)4)32-26(18)25(20)30/h7-16H,17,31H2,1-6H3/b12-10-,21-7+. The molecule has 0 spiro atoms. The zero-order chi connectivity index (χ0) is 23.7. The lowest BCUT2D eigenvalue weighted by Gasteiger charge is -2.27. The highest BCUT2D eigenvalue weighted by molar-refractivity contribution is 6.35. The van der Waals surface area contributed by atoms with Crippen molar-refractivity contribution >= 4 is 45.9 Å². The van der Waals surface area contributed by atoms with Crippen molar-refractivity contribution in [2.75, 3.05) is 5.73 Å². The fourth-order valence-corrected chi connectivity index (χ4v) is 4.37. The number of pyridine rings is 1. The van der Waals surface area contributed by atoms with Gasteiger partial charge in [-0.2, -0.15) is 0 Å². The highest BCUT2D eigenvalue weighted by Gasteiger charge is 2.24. The van der Waals surface area contributed by atoms with Crippen molar-refractivity contribution in [2.24, 2.45) is 5.41 Å². The van der Waals surface area contributed by atoms with E-state index in [1.54, 1.807) is 6.07 Å². The van der Waals surface area contributed by atoms with Gasteiger partial charge < -0.3 is 5.73 Å². The van der Waals surface area contributed by atoms with Crippen LogP contribution in [-0.2, 0) is 11.8 Å². The quantitative estimate of drug-likeness (QED) is 0.301. The highest BCUT2D eigenvalue weighted by Crippen LogP contribution is 2.37. The van der Waals surface area contributed by atoms with Gasteiger partial charge in [-0.15, -0.1) is 0 Å². The van der Waals surface area contributed by atoms with E-state index in [9.17, 15) is 0 Å². The number of hydrogen-bond donors (Lipinski definition) is 1. The van der Waals surface area contributed by atoms with E-state index in [1.165, 1.54) is 5.57 Å². The van der Waals surface area contributed by atoms with Crippen LogP contribution < -0.4 is 5.73 Å². The van der Waals surface area contributed by atoms with E-state index in [0.717, 1.165) is 39.2 Å². The Hall–Kier alpha value is -2.29. The maximum absolute atomic E-state index is 6.90. The predicted octanol–water partition coefficient (Wildman–Crippen LogP) is 8.65. The number of hydrogen-bond acceptors (Lipinski definition) is 2. The molecule has 3 aromatic rings. The zero-order valence-electron chi connectivity index (χ0n) is 19.8. The topological polar surface area (TPSA) is 38.9 Å². The van der Waals surface area contributed by atoms with Gasteiger partial charge in [-0.1, -0.05) is 94.2 Å². The first kappa shape index (κ1) is 24.4. The summed E-state index contributed by atoms with van der Waals surface area (Å²) >= 11 is 13.0. The summed E-state index contributed by atoms with van der Waals surface area (Å²) in [6.45, 7) is 13.0. The van der Waals surface area contributed by atoms with Crippen LogP contribution in [0.3, 0.4) is 0 Å². The van der Waals surface area contributed by atoms with Gasteiger partial charge in [0.05, 0.1) is 10.5 Å². The number of anilines is 1. The van der Waals surface area contributed by atoms with Crippen LogP contribution in [0.15, 0.2) is 60.2 Å². The predicted molar refractivity (Wildman–Crippen MR) is 142 cm³/mol. The number of rotatable bonds is 5. The van der Waals surface area contributed by atoms with Gasteiger partial charge in [0.15, 0.2) is 0 Å². The molecular formula is C28H32Cl2N2. The number of halogens is 2. The molecule has 0 aliphatic heterocycles. The maximum atomic E-state index is 6.90. The van der Waals surface area contributed by atoms with Crippen LogP contribution in [0.1, 0.15) is 58.4 Å². The molecule has 2 aromatic carbocycles. The van der Waals surface area contributed by atoms with E-state index in [4.69, 9.17) is 33.9 Å². The van der Waals surface area contributed by atoms with Crippen molar-refractivity contribution in [3.63, 3.8) is 0 Å². The number of allylic oxidation sites excluding steroid dienone is 3. The molecule has 1 heterocycles. The van der Waals surface area contributed by atoms with Crippen molar-refractivity contribution in [1.82, 2.24) is 4.98 Å². The number of benzene rings is 2. The molecular weight excluding hydrogens is 435 g/mol. The Morgan fingerprint density at radius 1 is 1.00 bits per heavy atom. The Morgan fingerprint density at radius 2 is 1.69 bits per heavy atom. The van der Waals surface area contributed by atoms with Crippen molar-refractivity contribution in [3.8, 4) is 0 Å². The Morgan fingerprint density at radius 3 is 2.34 bits per heavy atom. The molecule has 0 saturated carbocycles. The fourth-order valence-electron chi connectivity index (χ4n) is 3.91. The minimum atomic E-state index is -0.141. The van der Waals surface area contributed by atoms with E-state index in [1.807, 2.05) is 18.2 Å². The van der Waals surface area contributed by atoms with E-state index >= 15 is 0 Å². The summed E-state index contributed by atoms with van der Waals surface area (Å²) in [5.41, 5.74) is 11.8. The van der Waals surface area contributed by atoms with Crippen LogP contribution in [0, 0.1) is 5.41 Å². The summed E-state index contributed by atoms with van der Waals surface area (Å²) in [6, 6.07) is 13.9. The third kappa shape index (κ3) is 5.36. The molecule has 2 nitrogen and oxygen atoms in total. The molecule has 0 unspecified atom stereocenters. The SMILES string of the molecule is C/C=C(\C=C/c1cc(Cl)ccc1N)C(C)(C)Cc1ccc2ccc(C(C)(C)C)nc2c1Cl. The van der Waals surface area contributed by atoms with Crippen LogP contribution in [0.2, 0.25) is 10.0 Å². The number of nitrogens with two attached hydrogens (primary N) is 1. The van der Waals surface area contributed by atoms with E-state index in [2.05, 4.69) is 78.0 Å². The molecule has 0 radical (unpaired) electrons. The first-order valence-electron chi connectivity index (χ1n) is 10.9. The van der Waals surface area contributed by atoms with Crippen LogP contribution in [0.5, 0.6) is 0 Å². The Bertz CT molecular complexity index is 1200. The fraction of sp³-hybridized carbons (Fsp3) is 0.321. The van der Waals surface area contributed by atoms with Gasteiger partial charge in [-0.25, -0.2) is 0 Å². The Kier molecular flexibility index (Phi) is 7.07. The molecule has 32 heavy (non-hydrogen) atoms. The molecule has 0 amide bonds. The summed E-state index contributed by atoms with van der Waals surface area (Å²) in [4.78, 5) is 4.91. The molecule has 0 saturated heterocycles. The lowest BCUT2D eigenvalue weighted by molar-refractivity contribution is 0.454. The molecule has 2 N–H and O–H groups in total. The van der Waals surface area contributed by atoms with Crippen LogP contribution >= 0.6 is 23.2 Å². The van der Waals surface area contributed by atoms with Crippen molar-refractivity contribution in [3.05, 3.63) is 87.1 Å². The number of nitrogens with zero attached hydrogens (tertiary/aromatic N) is 1. The molecule has 0 aliphatic rings. The van der Waals surface area contributed by atoms with E-state index in [-0.39, 0.29) is 10.8 Å². The van der Waals surface area contributed by atoms with E-state index < -0.39 is 0 Å². The Balaban J connectivity index is 1.94. The number of aromatic nitrogens is 1. The molecule has 4 heteroatoms. The monoisotopic (exact) mass is 466 g/mol. The lowest BCUT2D eigenvalue weighted by Crippen LogP contribution is -2.18. The molecule has 0 fully saturated rings. The van der Waals surface area contributed by atoms with E-state index in [0.29, 0.717) is 10.7 Å². The third-order valence-electron chi connectivity index (χ3n) is 5.86. The summed E-state index contributed by atoms with van der Waals surface area (Å²) in [5.74, 6) is 0. The molecule has 0 aliphatic carbocycles. The maximum Gasteiger partial charge on any atom is 0.0894 e. The van der Waals surface area contributed by atoms with Crippen molar-refractivity contribution in [1.29, 1.82) is 0 Å². The number of nitrogen functional groups attached to an aromatic ring is 1. The van der Waals surface area contributed by atoms with Crippen LogP contribution in [0.4, 0.5) is 5.69 Å². The van der Waals surface area contributed by atoms with Crippen LogP contribution in [-0.4, -0.2) is 4.98 Å². The van der Waals surface area contributed by atoms with Gasteiger partial charge in [-0.3, -0.25) is 4.98 Å². The third-order valence-corrected chi connectivity index (χ3v) is 6.52. The molecule has 168 valence electrons. The summed E-state index contributed by atoms with van der Waals surface area (Å²) in [5, 5.41) is 2.47. The van der Waals surface area contributed by atoms with Crippen molar-refractivity contribution < 1.29 is 0 Å². The number of fused-ring (bicyclic) bond motifs is 1. The minimum Gasteiger partial charge on any atom is -0.398 e. The molecule has 0 bridgehead atoms. The zero-order valence-corrected chi connectivity index (χ0v) is 21.3. The summed E-state index contributed by atoms with van der Waals surface area (Å²) in [7, 11) is 0.